The molecule has 1 N–H and O–H groups in total. The van der Waals surface area contributed by atoms with Crippen molar-refractivity contribution in [2.45, 2.75) is 12.8 Å². The third-order valence-electron chi connectivity index (χ3n) is 4.27. The lowest BCUT2D eigenvalue weighted by Crippen LogP contribution is -2.20. The van der Waals surface area contributed by atoms with E-state index in [4.69, 9.17) is 0 Å². The van der Waals surface area contributed by atoms with E-state index < -0.39 is 11.7 Å². The Balaban J connectivity index is 1.79. The monoisotopic (exact) mass is 473 g/mol. The first-order valence-electron chi connectivity index (χ1n) is 8.41. The van der Waals surface area contributed by atoms with E-state index in [0.717, 1.165) is 3.57 Å². The third kappa shape index (κ3) is 4.60. The van der Waals surface area contributed by atoms with Crippen LogP contribution in [0.5, 0.6) is 0 Å². The van der Waals surface area contributed by atoms with Crippen LogP contribution in [0.4, 0.5) is 10.1 Å². The number of ketones is 1. The first-order valence-corrected chi connectivity index (χ1v) is 9.49. The van der Waals surface area contributed by atoms with E-state index in [1.54, 1.807) is 49.4 Å². The third-order valence-corrected chi connectivity index (χ3v) is 4.94. The largest absolute Gasteiger partial charge is 0.323 e. The van der Waals surface area contributed by atoms with E-state index in [2.05, 4.69) is 5.32 Å². The second-order valence-corrected chi connectivity index (χ2v) is 7.40. The van der Waals surface area contributed by atoms with Gasteiger partial charge in [0.1, 0.15) is 5.82 Å². The fraction of sp³-hybridized carbons (Fsp3) is 0.0909. The smallest absolute Gasteiger partial charge is 0.231 e. The molecule has 5 heteroatoms. The van der Waals surface area contributed by atoms with Crippen molar-refractivity contribution in [2.75, 3.05) is 5.32 Å². The summed E-state index contributed by atoms with van der Waals surface area (Å²) in [5, 5.41) is 2.61. The van der Waals surface area contributed by atoms with Crippen LogP contribution < -0.4 is 5.32 Å². The van der Waals surface area contributed by atoms with Gasteiger partial charge in [-0.25, -0.2) is 4.39 Å². The molecular weight excluding hydrogens is 456 g/mol. The molecule has 27 heavy (non-hydrogen) atoms. The Bertz CT molecular complexity index is 989. The second kappa shape index (κ2) is 8.43. The number of carbonyl (C=O) groups excluding carboxylic acids is 2. The Hall–Kier alpha value is -2.54. The lowest BCUT2D eigenvalue weighted by atomic mass is 9.95. The fourth-order valence-electron chi connectivity index (χ4n) is 2.69. The van der Waals surface area contributed by atoms with Crippen LogP contribution in [0.3, 0.4) is 0 Å². The molecule has 0 fully saturated rings. The highest BCUT2D eigenvalue weighted by Gasteiger charge is 2.18. The van der Waals surface area contributed by atoms with Crippen molar-refractivity contribution in [2.24, 2.45) is 0 Å². The van der Waals surface area contributed by atoms with Gasteiger partial charge in [0.15, 0.2) is 5.78 Å². The zero-order chi connectivity index (χ0) is 19.4. The van der Waals surface area contributed by atoms with Crippen molar-refractivity contribution >= 4 is 40.0 Å². The van der Waals surface area contributed by atoms with Crippen molar-refractivity contribution in [3.63, 3.8) is 0 Å². The van der Waals surface area contributed by atoms with E-state index in [1.807, 2.05) is 40.8 Å². The molecule has 0 unspecified atom stereocenters. The highest BCUT2D eigenvalue weighted by Crippen LogP contribution is 2.22. The number of hydrogen-bond acceptors (Lipinski definition) is 2. The van der Waals surface area contributed by atoms with Gasteiger partial charge >= 0.3 is 0 Å². The molecule has 1 atom stereocenters. The van der Waals surface area contributed by atoms with E-state index in [1.165, 1.54) is 12.1 Å². The van der Waals surface area contributed by atoms with Gasteiger partial charge in [-0.3, -0.25) is 9.59 Å². The first kappa shape index (κ1) is 19.2. The SMILES string of the molecule is C[C@@H](C(=O)Nc1ccc(I)cc1F)c1cccc(C(=O)c2ccccc2)c1. The summed E-state index contributed by atoms with van der Waals surface area (Å²) in [5.74, 6) is -1.45. The molecule has 136 valence electrons. The maximum atomic E-state index is 14.0. The normalized spacial score (nSPS) is 11.7. The molecule has 0 saturated heterocycles. The Morgan fingerprint density at radius 2 is 1.63 bits per heavy atom. The molecule has 1 amide bonds. The van der Waals surface area contributed by atoms with E-state index >= 15 is 0 Å². The van der Waals surface area contributed by atoms with Gasteiger partial charge in [-0.05, 0) is 59.3 Å². The van der Waals surface area contributed by atoms with Gasteiger partial charge in [0.05, 0.1) is 11.6 Å². The zero-order valence-corrected chi connectivity index (χ0v) is 16.7. The number of amides is 1. The minimum absolute atomic E-state index is 0.103. The summed E-state index contributed by atoms with van der Waals surface area (Å²) in [5.41, 5.74) is 1.94. The van der Waals surface area contributed by atoms with E-state index in [-0.39, 0.29) is 17.4 Å². The van der Waals surface area contributed by atoms with Crippen molar-refractivity contribution in [1.29, 1.82) is 0 Å². The number of benzene rings is 3. The van der Waals surface area contributed by atoms with Crippen molar-refractivity contribution < 1.29 is 14.0 Å². The highest BCUT2D eigenvalue weighted by molar-refractivity contribution is 14.1. The molecule has 0 radical (unpaired) electrons. The zero-order valence-electron chi connectivity index (χ0n) is 14.6. The van der Waals surface area contributed by atoms with Gasteiger partial charge in [0.25, 0.3) is 0 Å². The summed E-state index contributed by atoms with van der Waals surface area (Å²) < 4.78 is 14.7. The van der Waals surface area contributed by atoms with E-state index in [0.29, 0.717) is 16.7 Å². The van der Waals surface area contributed by atoms with Crippen LogP contribution >= 0.6 is 22.6 Å². The van der Waals surface area contributed by atoms with E-state index in [9.17, 15) is 14.0 Å². The van der Waals surface area contributed by atoms with Gasteiger partial charge in [0.2, 0.25) is 5.91 Å². The van der Waals surface area contributed by atoms with Crippen LogP contribution in [0.15, 0.2) is 72.8 Å². The van der Waals surface area contributed by atoms with Gasteiger partial charge < -0.3 is 5.32 Å². The van der Waals surface area contributed by atoms with Crippen molar-refractivity contribution in [3.8, 4) is 0 Å². The second-order valence-electron chi connectivity index (χ2n) is 6.16. The molecule has 0 aliphatic rings. The van der Waals surface area contributed by atoms with Crippen LogP contribution in [0, 0.1) is 9.39 Å². The number of hydrogen-bond donors (Lipinski definition) is 1. The number of carbonyl (C=O) groups is 2. The average Bonchev–Trinajstić information content (AvgIpc) is 2.69. The first-order chi connectivity index (χ1) is 13.0. The molecule has 0 heterocycles. The van der Waals surface area contributed by atoms with Crippen molar-refractivity contribution in [3.05, 3.63) is 98.9 Å². The standard InChI is InChI=1S/C22H17FINO2/c1-14(22(27)25-20-11-10-18(24)13-19(20)23)16-8-5-9-17(12-16)21(26)15-6-3-2-4-7-15/h2-14H,1H3,(H,25,27)/t14-/m1/s1. The minimum Gasteiger partial charge on any atom is -0.323 e. The Kier molecular flexibility index (Phi) is 6.01. The maximum Gasteiger partial charge on any atom is 0.231 e. The quantitative estimate of drug-likeness (QED) is 0.398. The van der Waals surface area contributed by atoms with Crippen LogP contribution in [0.25, 0.3) is 0 Å². The maximum absolute atomic E-state index is 14.0. The number of rotatable bonds is 5. The van der Waals surface area contributed by atoms with Gasteiger partial charge in [-0.1, -0.05) is 48.5 Å². The van der Waals surface area contributed by atoms with Crippen molar-refractivity contribution in [1.82, 2.24) is 0 Å². The lowest BCUT2D eigenvalue weighted by Gasteiger charge is -2.14. The predicted octanol–water partition coefficient (Wildman–Crippen LogP) is 5.40. The minimum atomic E-state index is -0.535. The fourth-order valence-corrected chi connectivity index (χ4v) is 3.14. The molecule has 0 saturated carbocycles. The Morgan fingerprint density at radius 3 is 2.33 bits per heavy atom. The summed E-state index contributed by atoms with van der Waals surface area (Å²) in [6.45, 7) is 1.73. The van der Waals surface area contributed by atoms with Gasteiger partial charge in [0, 0.05) is 14.7 Å². The molecule has 0 aliphatic heterocycles. The molecule has 0 aromatic heterocycles. The summed E-state index contributed by atoms with van der Waals surface area (Å²) in [7, 11) is 0. The Labute approximate surface area is 170 Å². The number of halogens is 2. The lowest BCUT2D eigenvalue weighted by molar-refractivity contribution is -0.117. The molecule has 0 aliphatic carbocycles. The molecule has 3 aromatic rings. The summed E-state index contributed by atoms with van der Waals surface area (Å²) in [4.78, 5) is 25.1. The van der Waals surface area contributed by atoms with Gasteiger partial charge in [-0.15, -0.1) is 0 Å². The summed E-state index contributed by atoms with van der Waals surface area (Å²) in [6, 6.07) is 20.6. The molecular formula is C22H17FINO2. The van der Waals surface area contributed by atoms with Crippen LogP contribution in [-0.4, -0.2) is 11.7 Å². The molecule has 3 rings (SSSR count). The number of anilines is 1. The summed E-state index contributed by atoms with van der Waals surface area (Å²) in [6.07, 6.45) is 0. The van der Waals surface area contributed by atoms with Crippen LogP contribution in [0.1, 0.15) is 34.3 Å². The highest BCUT2D eigenvalue weighted by atomic mass is 127. The molecule has 0 spiro atoms. The van der Waals surface area contributed by atoms with Crippen LogP contribution in [0.2, 0.25) is 0 Å². The van der Waals surface area contributed by atoms with Crippen LogP contribution in [-0.2, 0) is 4.79 Å². The number of nitrogens with one attached hydrogen (secondary N) is 1. The topological polar surface area (TPSA) is 46.2 Å². The Morgan fingerprint density at radius 1 is 0.926 bits per heavy atom. The summed E-state index contributed by atoms with van der Waals surface area (Å²) >= 11 is 2.01. The molecule has 0 bridgehead atoms. The average molecular weight is 473 g/mol. The predicted molar refractivity (Wildman–Crippen MR) is 112 cm³/mol. The molecule has 3 aromatic carbocycles. The molecule has 3 nitrogen and oxygen atoms in total. The van der Waals surface area contributed by atoms with Gasteiger partial charge in [-0.2, -0.15) is 0 Å².